The van der Waals surface area contributed by atoms with Crippen LogP contribution in [0.3, 0.4) is 0 Å². The Morgan fingerprint density at radius 1 is 1.26 bits per heavy atom. The van der Waals surface area contributed by atoms with Gasteiger partial charge in [-0.05, 0) is 12.1 Å². The average molecular weight is 279 g/mol. The van der Waals surface area contributed by atoms with Crippen molar-refractivity contribution in [2.75, 3.05) is 5.32 Å². The monoisotopic (exact) mass is 278 g/mol. The molecule has 2 aromatic rings. The van der Waals surface area contributed by atoms with E-state index in [0.717, 1.165) is 0 Å². The maximum Gasteiger partial charge on any atom is 0.271 e. The molecule has 0 aliphatic heterocycles. The molecule has 0 atom stereocenters. The van der Waals surface area contributed by atoms with Crippen molar-refractivity contribution in [3.8, 4) is 5.75 Å². The highest BCUT2D eigenvalue weighted by Crippen LogP contribution is 2.27. The van der Waals surface area contributed by atoms with Gasteiger partial charge in [-0.25, -0.2) is 0 Å². The van der Waals surface area contributed by atoms with Crippen molar-refractivity contribution in [1.82, 2.24) is 0 Å². The van der Waals surface area contributed by atoms with E-state index in [4.69, 9.17) is 11.6 Å². The summed E-state index contributed by atoms with van der Waals surface area (Å²) in [5.41, 5.74) is 1.24. The number of nitro benzene ring substituents is 1. The molecule has 2 rings (SSSR count). The van der Waals surface area contributed by atoms with Crippen LogP contribution in [0, 0.1) is 10.1 Å². The highest BCUT2D eigenvalue weighted by Gasteiger charge is 2.07. The number of aromatic hydroxyl groups is 1. The lowest BCUT2D eigenvalue weighted by atomic mass is 10.2. The number of non-ortho nitro benzene ring substituents is 1. The van der Waals surface area contributed by atoms with Crippen molar-refractivity contribution < 1.29 is 10.0 Å². The maximum atomic E-state index is 10.6. The van der Waals surface area contributed by atoms with E-state index in [-0.39, 0.29) is 16.5 Å². The molecule has 0 saturated carbocycles. The zero-order valence-electron chi connectivity index (χ0n) is 9.84. The van der Waals surface area contributed by atoms with Gasteiger partial charge < -0.3 is 10.4 Å². The molecule has 0 saturated heterocycles. The molecule has 6 heteroatoms. The number of nitrogens with one attached hydrogen (secondary N) is 1. The predicted molar refractivity (Wildman–Crippen MR) is 73.5 cm³/mol. The van der Waals surface area contributed by atoms with E-state index in [2.05, 4.69) is 5.32 Å². The number of nitrogens with zero attached hydrogens (tertiary/aromatic N) is 1. The third kappa shape index (κ3) is 3.14. The molecule has 0 aliphatic carbocycles. The fourth-order valence-electron chi connectivity index (χ4n) is 1.63. The van der Waals surface area contributed by atoms with Crippen LogP contribution < -0.4 is 5.32 Å². The average Bonchev–Trinajstić information content (AvgIpc) is 2.41. The summed E-state index contributed by atoms with van der Waals surface area (Å²) in [4.78, 5) is 10.2. The van der Waals surface area contributed by atoms with Crippen molar-refractivity contribution in [2.45, 2.75) is 6.54 Å². The van der Waals surface area contributed by atoms with Crippen molar-refractivity contribution in [3.63, 3.8) is 0 Å². The van der Waals surface area contributed by atoms with Crippen molar-refractivity contribution in [2.24, 2.45) is 0 Å². The Morgan fingerprint density at radius 3 is 2.74 bits per heavy atom. The summed E-state index contributed by atoms with van der Waals surface area (Å²) in [6.07, 6.45) is 0. The van der Waals surface area contributed by atoms with Crippen LogP contribution in [0.2, 0.25) is 5.02 Å². The summed E-state index contributed by atoms with van der Waals surface area (Å²) >= 11 is 5.80. The molecule has 0 bridgehead atoms. The van der Waals surface area contributed by atoms with E-state index < -0.39 is 4.92 Å². The van der Waals surface area contributed by atoms with Crippen LogP contribution in [0.15, 0.2) is 42.5 Å². The fraction of sp³-hybridized carbons (Fsp3) is 0.0769. The van der Waals surface area contributed by atoms with Gasteiger partial charge in [-0.2, -0.15) is 0 Å². The molecule has 0 amide bonds. The molecule has 0 unspecified atom stereocenters. The largest absolute Gasteiger partial charge is 0.506 e. The predicted octanol–water partition coefficient (Wildman–Crippen LogP) is 3.57. The zero-order chi connectivity index (χ0) is 13.8. The van der Waals surface area contributed by atoms with Crippen LogP contribution in [0.25, 0.3) is 0 Å². The molecule has 2 N–H and O–H groups in total. The van der Waals surface area contributed by atoms with E-state index >= 15 is 0 Å². The van der Waals surface area contributed by atoms with Gasteiger partial charge in [-0.1, -0.05) is 29.8 Å². The molecule has 0 aromatic heterocycles. The van der Waals surface area contributed by atoms with Gasteiger partial charge in [0.2, 0.25) is 0 Å². The Labute approximate surface area is 114 Å². The van der Waals surface area contributed by atoms with Gasteiger partial charge in [0.15, 0.2) is 0 Å². The number of nitro groups is 1. The summed E-state index contributed by atoms with van der Waals surface area (Å²) in [5, 5.41) is 23.7. The number of rotatable bonds is 4. The Bertz CT molecular complexity index is 617. The quantitative estimate of drug-likeness (QED) is 0.662. The first-order valence-electron chi connectivity index (χ1n) is 5.52. The van der Waals surface area contributed by atoms with E-state index in [1.54, 1.807) is 30.3 Å². The smallest absolute Gasteiger partial charge is 0.271 e. The van der Waals surface area contributed by atoms with Crippen molar-refractivity contribution >= 4 is 23.0 Å². The van der Waals surface area contributed by atoms with Crippen LogP contribution in [-0.2, 0) is 6.54 Å². The SMILES string of the molecule is O=[N+]([O-])c1cccc(NCc2cccc(Cl)c2O)c1. The molecular weight excluding hydrogens is 268 g/mol. The van der Waals surface area contributed by atoms with Gasteiger partial charge in [-0.15, -0.1) is 0 Å². The number of hydrogen-bond acceptors (Lipinski definition) is 4. The van der Waals surface area contributed by atoms with Gasteiger partial charge >= 0.3 is 0 Å². The van der Waals surface area contributed by atoms with Crippen LogP contribution in [0.4, 0.5) is 11.4 Å². The molecule has 98 valence electrons. The second-order valence-corrected chi connectivity index (χ2v) is 4.32. The number of halogens is 1. The van der Waals surface area contributed by atoms with Crippen molar-refractivity contribution in [3.05, 3.63) is 63.2 Å². The lowest BCUT2D eigenvalue weighted by Gasteiger charge is -2.08. The zero-order valence-corrected chi connectivity index (χ0v) is 10.6. The van der Waals surface area contributed by atoms with Crippen LogP contribution in [0.5, 0.6) is 5.75 Å². The highest BCUT2D eigenvalue weighted by atomic mass is 35.5. The number of phenolic OH excluding ortho intramolecular Hbond substituents is 1. The summed E-state index contributed by atoms with van der Waals surface area (Å²) < 4.78 is 0. The third-order valence-corrected chi connectivity index (χ3v) is 2.92. The Balaban J connectivity index is 2.12. The molecular formula is C13H11ClN2O3. The molecule has 0 heterocycles. The first-order valence-corrected chi connectivity index (χ1v) is 5.90. The van der Waals surface area contributed by atoms with Gasteiger partial charge in [0.05, 0.1) is 9.95 Å². The minimum Gasteiger partial charge on any atom is -0.506 e. The Hall–Kier alpha value is -2.27. The summed E-state index contributed by atoms with van der Waals surface area (Å²) in [5.74, 6) is 0.0158. The Kier molecular flexibility index (Phi) is 3.87. The number of hydrogen-bond donors (Lipinski definition) is 2. The lowest BCUT2D eigenvalue weighted by molar-refractivity contribution is -0.384. The van der Waals surface area contributed by atoms with Gasteiger partial charge in [0, 0.05) is 29.9 Å². The first-order chi connectivity index (χ1) is 9.08. The van der Waals surface area contributed by atoms with Crippen LogP contribution in [-0.4, -0.2) is 10.0 Å². The number of benzene rings is 2. The standard InChI is InChI=1S/C13H11ClN2O3/c14-12-6-1-3-9(13(12)17)8-15-10-4-2-5-11(7-10)16(18)19/h1-7,15,17H,8H2. The second kappa shape index (κ2) is 5.58. The number of phenols is 1. The molecule has 0 radical (unpaired) electrons. The molecule has 0 fully saturated rings. The molecule has 0 aliphatic rings. The van der Waals surface area contributed by atoms with Crippen molar-refractivity contribution in [1.29, 1.82) is 0 Å². The molecule has 0 spiro atoms. The highest BCUT2D eigenvalue weighted by molar-refractivity contribution is 6.32. The minimum absolute atomic E-state index is 0.0142. The Morgan fingerprint density at radius 2 is 2.00 bits per heavy atom. The van der Waals surface area contributed by atoms with Crippen LogP contribution >= 0.6 is 11.6 Å². The number of para-hydroxylation sites is 1. The van der Waals surface area contributed by atoms with Gasteiger partial charge in [0.25, 0.3) is 5.69 Å². The summed E-state index contributed by atoms with van der Waals surface area (Å²) in [7, 11) is 0. The first kappa shape index (κ1) is 13.2. The second-order valence-electron chi connectivity index (χ2n) is 3.91. The van der Waals surface area contributed by atoms with E-state index in [1.165, 1.54) is 12.1 Å². The van der Waals surface area contributed by atoms with E-state index in [1.807, 2.05) is 0 Å². The van der Waals surface area contributed by atoms with E-state index in [0.29, 0.717) is 17.8 Å². The maximum absolute atomic E-state index is 10.6. The lowest BCUT2D eigenvalue weighted by Crippen LogP contribution is -2.00. The molecule has 2 aromatic carbocycles. The topological polar surface area (TPSA) is 75.4 Å². The number of anilines is 1. The van der Waals surface area contributed by atoms with E-state index in [9.17, 15) is 15.2 Å². The normalized spacial score (nSPS) is 10.2. The minimum atomic E-state index is -0.456. The molecule has 19 heavy (non-hydrogen) atoms. The summed E-state index contributed by atoms with van der Waals surface area (Å²) in [6.45, 7) is 0.327. The van der Waals surface area contributed by atoms with Gasteiger partial charge in [0.1, 0.15) is 5.75 Å². The van der Waals surface area contributed by atoms with Gasteiger partial charge in [-0.3, -0.25) is 10.1 Å². The fourth-order valence-corrected chi connectivity index (χ4v) is 1.82. The molecule has 5 nitrogen and oxygen atoms in total. The summed E-state index contributed by atoms with van der Waals surface area (Å²) in [6, 6.07) is 11.2. The van der Waals surface area contributed by atoms with Crippen LogP contribution in [0.1, 0.15) is 5.56 Å². The third-order valence-electron chi connectivity index (χ3n) is 2.61.